The van der Waals surface area contributed by atoms with Gasteiger partial charge < -0.3 is 0 Å². The topological polar surface area (TPSA) is 63.4 Å². The van der Waals surface area contributed by atoms with E-state index in [1.165, 1.54) is 60.8 Å². The molecule has 0 saturated heterocycles. The molecule has 0 aromatic heterocycles. The Hall–Kier alpha value is -2.46. The molecule has 1 aliphatic rings. The number of carbonyl (C=O) groups excluding carboxylic acids is 2. The lowest BCUT2D eigenvalue weighted by molar-refractivity contribution is -0.129. The minimum Gasteiger partial charge on any atom is -0.273 e. The van der Waals surface area contributed by atoms with Gasteiger partial charge in [0, 0.05) is 12.0 Å². The van der Waals surface area contributed by atoms with Crippen LogP contribution in [0.5, 0.6) is 0 Å². The lowest BCUT2D eigenvalue weighted by Crippen LogP contribution is -2.42. The van der Waals surface area contributed by atoms with E-state index in [9.17, 15) is 9.59 Å². The third kappa shape index (κ3) is 6.77. The van der Waals surface area contributed by atoms with Crippen molar-refractivity contribution < 1.29 is 9.59 Å². The van der Waals surface area contributed by atoms with Gasteiger partial charge in [-0.3, -0.25) is 9.59 Å². The summed E-state index contributed by atoms with van der Waals surface area (Å²) in [5.74, 6) is 5.15. The van der Waals surface area contributed by atoms with E-state index in [0.29, 0.717) is 12.0 Å². The Morgan fingerprint density at radius 2 is 1.39 bits per heavy atom. The normalized spacial score (nSPS) is 11.8. The molecule has 0 bridgehead atoms. The van der Waals surface area contributed by atoms with Gasteiger partial charge in [-0.05, 0) is 65.6 Å². The van der Waals surface area contributed by atoms with Crippen molar-refractivity contribution in [2.45, 2.75) is 97.3 Å². The Morgan fingerprint density at radius 3 is 2.12 bits per heavy atom. The lowest BCUT2D eigenvalue weighted by atomic mass is 9.99. The summed E-state index contributed by atoms with van der Waals surface area (Å²) in [5.41, 5.74) is 6.79. The molecule has 0 aliphatic heterocycles. The molecule has 0 unspecified atom stereocenters. The van der Waals surface area contributed by atoms with Gasteiger partial charge >= 0.3 is 0 Å². The molecular weight excluding hydrogens is 408 g/mol. The molecule has 0 radical (unpaired) electrons. The van der Waals surface area contributed by atoms with Crippen LogP contribution in [-0.2, 0) is 17.6 Å². The summed E-state index contributed by atoms with van der Waals surface area (Å²) in [6.45, 7) is 4.38. The minimum absolute atomic E-state index is 0.306. The third-order valence-corrected chi connectivity index (χ3v) is 6.74. The summed E-state index contributed by atoms with van der Waals surface area (Å²) < 4.78 is 0. The van der Waals surface area contributed by atoms with Crippen LogP contribution in [-0.4, -0.2) is 16.8 Å². The predicted octanol–water partition coefficient (Wildman–Crippen LogP) is 6.97. The number of carbonyl (C=O) groups is 2. The standard InChI is InChI=1S/C29H40N2O2/c1-3-5-7-9-10-11-13-22-15-17-26-24(19-22)21-25-20-23(16-18-27(25)26)29(33)31(30)28(32)14-12-8-6-4-2/h15-20H,3-14,21,30H2,1-2H3. The van der Waals surface area contributed by atoms with Crippen LogP contribution in [0.2, 0.25) is 0 Å². The van der Waals surface area contributed by atoms with Crippen molar-refractivity contribution in [1.82, 2.24) is 5.01 Å². The summed E-state index contributed by atoms with van der Waals surface area (Å²) in [5, 5.41) is 0.800. The molecule has 2 aromatic carbocycles. The molecule has 0 fully saturated rings. The van der Waals surface area contributed by atoms with Crippen LogP contribution >= 0.6 is 0 Å². The molecule has 4 heteroatoms. The largest absolute Gasteiger partial charge is 0.274 e. The number of hydrogen-bond acceptors (Lipinski definition) is 3. The molecule has 0 atom stereocenters. The minimum atomic E-state index is -0.419. The van der Waals surface area contributed by atoms with Crippen molar-refractivity contribution in [2.75, 3.05) is 0 Å². The van der Waals surface area contributed by atoms with E-state index in [-0.39, 0.29) is 5.91 Å². The molecule has 0 heterocycles. The second-order valence-corrected chi connectivity index (χ2v) is 9.44. The van der Waals surface area contributed by atoms with E-state index in [1.54, 1.807) is 6.07 Å². The second kappa shape index (κ2) is 12.7. The Kier molecular flexibility index (Phi) is 9.68. The predicted molar refractivity (Wildman–Crippen MR) is 136 cm³/mol. The Balaban J connectivity index is 1.58. The van der Waals surface area contributed by atoms with Crippen LogP contribution < -0.4 is 5.84 Å². The number of imide groups is 1. The first-order valence-corrected chi connectivity index (χ1v) is 12.9. The number of unbranched alkanes of at least 4 members (excludes halogenated alkanes) is 8. The number of hydrazine groups is 1. The highest BCUT2D eigenvalue weighted by atomic mass is 16.2. The fraction of sp³-hybridized carbons (Fsp3) is 0.517. The van der Waals surface area contributed by atoms with Crippen molar-refractivity contribution in [3.63, 3.8) is 0 Å². The Morgan fingerprint density at radius 1 is 0.788 bits per heavy atom. The van der Waals surface area contributed by atoms with E-state index in [2.05, 4.69) is 32.0 Å². The van der Waals surface area contributed by atoms with Crippen LogP contribution in [0.3, 0.4) is 0 Å². The van der Waals surface area contributed by atoms with Gasteiger partial charge in [0.2, 0.25) is 5.91 Å². The SMILES string of the molecule is CCCCCCCCc1ccc2c(c1)Cc1cc(C(=O)N(N)C(=O)CCCCCC)ccc1-2. The highest BCUT2D eigenvalue weighted by Crippen LogP contribution is 2.37. The van der Waals surface area contributed by atoms with Crippen molar-refractivity contribution in [1.29, 1.82) is 0 Å². The molecule has 33 heavy (non-hydrogen) atoms. The fourth-order valence-corrected chi connectivity index (χ4v) is 4.74. The van der Waals surface area contributed by atoms with Gasteiger partial charge in [-0.2, -0.15) is 0 Å². The van der Waals surface area contributed by atoms with Crippen molar-refractivity contribution in [3.8, 4) is 11.1 Å². The van der Waals surface area contributed by atoms with Crippen LogP contribution in [0.15, 0.2) is 36.4 Å². The first kappa shape index (κ1) is 25.2. The molecule has 1 aliphatic carbocycles. The van der Waals surface area contributed by atoms with Gasteiger partial charge in [0.05, 0.1) is 0 Å². The van der Waals surface area contributed by atoms with Gasteiger partial charge in [-0.25, -0.2) is 10.9 Å². The van der Waals surface area contributed by atoms with Crippen LogP contribution in [0, 0.1) is 0 Å². The lowest BCUT2D eigenvalue weighted by Gasteiger charge is -2.15. The molecule has 3 rings (SSSR count). The number of fused-ring (bicyclic) bond motifs is 3. The summed E-state index contributed by atoms with van der Waals surface area (Å²) in [7, 11) is 0. The maximum Gasteiger partial charge on any atom is 0.274 e. The Bertz CT molecular complexity index is 951. The zero-order valence-corrected chi connectivity index (χ0v) is 20.5. The quantitative estimate of drug-likeness (QED) is 0.133. The van der Waals surface area contributed by atoms with E-state index in [1.807, 2.05) is 12.1 Å². The van der Waals surface area contributed by atoms with Crippen molar-refractivity contribution in [3.05, 3.63) is 58.7 Å². The Labute approximate surface area is 199 Å². The zero-order chi connectivity index (χ0) is 23.6. The molecule has 2 aromatic rings. The van der Waals surface area contributed by atoms with Gasteiger partial charge in [-0.1, -0.05) is 89.5 Å². The molecule has 0 saturated carbocycles. The summed E-state index contributed by atoms with van der Waals surface area (Å²) in [4.78, 5) is 25.1. The smallest absolute Gasteiger partial charge is 0.273 e. The molecular formula is C29H40N2O2. The van der Waals surface area contributed by atoms with Gasteiger partial charge in [0.1, 0.15) is 0 Å². The highest BCUT2D eigenvalue weighted by Gasteiger charge is 2.23. The molecule has 2 amide bonds. The number of nitrogens with two attached hydrogens (primary N) is 1. The molecule has 0 spiro atoms. The number of hydrogen-bond donors (Lipinski definition) is 1. The van der Waals surface area contributed by atoms with Gasteiger partial charge in [-0.15, -0.1) is 0 Å². The average molecular weight is 449 g/mol. The zero-order valence-electron chi connectivity index (χ0n) is 20.5. The monoisotopic (exact) mass is 448 g/mol. The third-order valence-electron chi connectivity index (χ3n) is 6.74. The van der Waals surface area contributed by atoms with Gasteiger partial charge in [0.15, 0.2) is 0 Å². The van der Waals surface area contributed by atoms with Crippen molar-refractivity contribution >= 4 is 11.8 Å². The fourth-order valence-electron chi connectivity index (χ4n) is 4.74. The van der Waals surface area contributed by atoms with E-state index >= 15 is 0 Å². The number of rotatable bonds is 13. The molecule has 178 valence electrons. The molecule has 2 N–H and O–H groups in total. The van der Waals surface area contributed by atoms with E-state index in [4.69, 9.17) is 5.84 Å². The van der Waals surface area contributed by atoms with E-state index < -0.39 is 5.91 Å². The molecule has 4 nitrogen and oxygen atoms in total. The number of aryl methyl sites for hydroxylation is 1. The van der Waals surface area contributed by atoms with Crippen molar-refractivity contribution in [2.24, 2.45) is 5.84 Å². The number of amides is 2. The van der Waals surface area contributed by atoms with E-state index in [0.717, 1.165) is 49.1 Å². The maximum atomic E-state index is 12.8. The summed E-state index contributed by atoms with van der Waals surface area (Å²) >= 11 is 0. The number of benzene rings is 2. The second-order valence-electron chi connectivity index (χ2n) is 9.44. The highest BCUT2D eigenvalue weighted by molar-refractivity contribution is 6.04. The van der Waals surface area contributed by atoms with Crippen LogP contribution in [0.4, 0.5) is 0 Å². The van der Waals surface area contributed by atoms with Crippen LogP contribution in [0.25, 0.3) is 11.1 Å². The average Bonchev–Trinajstić information content (AvgIpc) is 3.19. The first-order valence-electron chi connectivity index (χ1n) is 12.9. The van der Waals surface area contributed by atoms with Crippen LogP contribution in [0.1, 0.15) is 112 Å². The summed E-state index contributed by atoms with van der Waals surface area (Å²) in [6.07, 6.45) is 14.1. The maximum absolute atomic E-state index is 12.8. The first-order chi connectivity index (χ1) is 16.0. The summed E-state index contributed by atoms with van der Waals surface area (Å²) in [6, 6.07) is 12.5. The van der Waals surface area contributed by atoms with Gasteiger partial charge in [0.25, 0.3) is 5.91 Å². The number of nitrogens with zero attached hydrogens (tertiary/aromatic N) is 1.